The Kier molecular flexibility index (Phi) is 15.3. The van der Waals surface area contributed by atoms with Gasteiger partial charge in [-0.25, -0.2) is 0 Å². The molecular formula is C42H56Na2O14S. The molecule has 0 amide bonds. The summed E-state index contributed by atoms with van der Waals surface area (Å²) in [5, 5.41) is 63.3. The first-order chi connectivity index (χ1) is 26.3. The van der Waals surface area contributed by atoms with Crippen LogP contribution in [-0.2, 0) is 29.6 Å². The summed E-state index contributed by atoms with van der Waals surface area (Å²) in [7, 11) is -5.17. The van der Waals surface area contributed by atoms with Crippen molar-refractivity contribution in [2.45, 2.75) is 115 Å². The van der Waals surface area contributed by atoms with Gasteiger partial charge in [-0.2, -0.15) is 0 Å². The molecule has 0 spiro atoms. The van der Waals surface area contributed by atoms with E-state index in [2.05, 4.69) is 13.8 Å². The maximum absolute atomic E-state index is 12.4. The van der Waals surface area contributed by atoms with Crippen LogP contribution >= 0.6 is 0 Å². The van der Waals surface area contributed by atoms with Gasteiger partial charge in [0.1, 0.15) is 24.4 Å². The molecule has 14 nitrogen and oxygen atoms in total. The Bertz CT molecular complexity index is 1820. The van der Waals surface area contributed by atoms with Gasteiger partial charge in [-0.15, -0.1) is 0 Å². The van der Waals surface area contributed by atoms with Gasteiger partial charge < -0.3 is 39.7 Å². The van der Waals surface area contributed by atoms with Crippen molar-refractivity contribution in [2.75, 3.05) is 13.2 Å². The second-order valence-electron chi connectivity index (χ2n) is 18.8. The van der Waals surface area contributed by atoms with Gasteiger partial charge in [-0.3, -0.25) is 27.6 Å². The van der Waals surface area contributed by atoms with Gasteiger partial charge in [0.2, 0.25) is 0 Å². The Morgan fingerprint density at radius 3 is 1.31 bits per heavy atom. The average Bonchev–Trinajstić information content (AvgIpc) is 3.56. The summed E-state index contributed by atoms with van der Waals surface area (Å²) < 4.78 is 34.1. The smallest absolute Gasteiger partial charge is 0.759 e. The number of aliphatic hydroxyl groups excluding tert-OH is 4. The number of hydrogen-bond donors (Lipinski definition) is 6. The van der Waals surface area contributed by atoms with Gasteiger partial charge in [-0.05, 0) is 112 Å². The van der Waals surface area contributed by atoms with Crippen LogP contribution in [0.1, 0.15) is 91.9 Å². The van der Waals surface area contributed by atoms with Crippen LogP contribution in [-0.4, -0.2) is 108 Å². The molecule has 0 radical (unpaired) electrons. The van der Waals surface area contributed by atoms with Gasteiger partial charge in [0.25, 0.3) is 0 Å². The molecule has 8 aliphatic rings. The van der Waals surface area contributed by atoms with Crippen molar-refractivity contribution in [1.82, 2.24) is 0 Å². The van der Waals surface area contributed by atoms with E-state index < -0.39 is 69.4 Å². The Labute approximate surface area is 390 Å². The molecule has 6 fully saturated rings. The summed E-state index contributed by atoms with van der Waals surface area (Å²) in [6.45, 7) is 6.68. The summed E-state index contributed by atoms with van der Waals surface area (Å²) in [5.41, 5.74) is -3.08. The number of carbonyl (C=O) groups is 4. The second kappa shape index (κ2) is 17.7. The fourth-order valence-electron chi connectivity index (χ4n) is 13.8. The van der Waals surface area contributed by atoms with Gasteiger partial charge in [-0.1, -0.05) is 51.0 Å². The second-order valence-corrected chi connectivity index (χ2v) is 19.6. The summed E-state index contributed by atoms with van der Waals surface area (Å²) in [5.74, 6) is -0.453. The van der Waals surface area contributed by atoms with Gasteiger partial charge in [0.05, 0.1) is 12.2 Å². The molecular weight excluding hydrogens is 806 g/mol. The van der Waals surface area contributed by atoms with E-state index in [0.717, 1.165) is 49.7 Å². The Hall–Kier alpha value is -0.730. The van der Waals surface area contributed by atoms with Crippen molar-refractivity contribution in [1.29, 1.82) is 0 Å². The quantitative estimate of drug-likeness (QED) is 0.0890. The fourth-order valence-corrected chi connectivity index (χ4v) is 13.8. The monoisotopic (exact) mass is 862 g/mol. The van der Waals surface area contributed by atoms with Crippen LogP contribution in [0, 0.1) is 57.2 Å². The topological polar surface area (TPSA) is 270 Å². The molecule has 6 unspecified atom stereocenters. The van der Waals surface area contributed by atoms with Gasteiger partial charge in [0, 0.05) is 43.9 Å². The number of fused-ring (bicyclic) bond motifs is 10. The predicted octanol–water partition coefficient (Wildman–Crippen LogP) is -4.21. The molecule has 0 heterocycles. The van der Waals surface area contributed by atoms with E-state index in [1.807, 2.05) is 26.0 Å². The summed E-state index contributed by atoms with van der Waals surface area (Å²) in [4.78, 5) is 48.3. The molecule has 0 aromatic heterocycles. The molecule has 316 valence electrons. The molecule has 14 atom stereocenters. The maximum atomic E-state index is 12.4. The molecule has 6 N–H and O–H groups in total. The molecule has 6 saturated carbocycles. The van der Waals surface area contributed by atoms with Crippen molar-refractivity contribution in [2.24, 2.45) is 57.2 Å². The standard InChI is InChI=1S/2C21H28O5.2Na.H2O4S/c2*1-19-7-5-13(23)9-12(19)3-4-14-15-6-8-21(26,17(25)11-22)20(15,2)10-16(24)18(14)19;;;1-5(2,3)4/h2*5,7,9,14-16,18,22,24,26H,3-4,6,8,10-11H2,1-2H3;;;(H2,1,2,3,4)/q;;2*+1;/p-2/t14?,15?,16?,18?,19-,20-,21-;14-,15?,16?,18+,19+,20+,21+;;;/m01.../s1. The van der Waals surface area contributed by atoms with Crippen LogP contribution in [0.4, 0.5) is 0 Å². The van der Waals surface area contributed by atoms with E-state index in [0.29, 0.717) is 25.7 Å². The first-order valence-corrected chi connectivity index (χ1v) is 21.3. The average molecular weight is 863 g/mol. The largest absolute Gasteiger partial charge is 1.00 e. The van der Waals surface area contributed by atoms with Crippen LogP contribution in [0.25, 0.3) is 0 Å². The van der Waals surface area contributed by atoms with Gasteiger partial charge >= 0.3 is 59.1 Å². The third-order valence-corrected chi connectivity index (χ3v) is 16.5. The first kappa shape index (κ1) is 50.9. The Morgan fingerprint density at radius 2 is 1.00 bits per heavy atom. The summed E-state index contributed by atoms with van der Waals surface area (Å²) in [6.07, 6.45) is 15.4. The van der Waals surface area contributed by atoms with Crippen molar-refractivity contribution in [3.8, 4) is 0 Å². The van der Waals surface area contributed by atoms with Gasteiger partial charge in [0.15, 0.2) is 23.1 Å². The Morgan fingerprint density at radius 1 is 0.678 bits per heavy atom. The maximum Gasteiger partial charge on any atom is 1.00 e. The van der Waals surface area contributed by atoms with E-state index in [4.69, 9.17) is 17.5 Å². The number of aliphatic hydroxyl groups is 6. The zero-order valence-electron chi connectivity index (χ0n) is 34.9. The summed E-state index contributed by atoms with van der Waals surface area (Å²) >= 11 is 0. The molecule has 0 aromatic carbocycles. The normalized spacial score (nSPS) is 44.9. The van der Waals surface area contributed by atoms with E-state index in [1.54, 1.807) is 24.3 Å². The minimum Gasteiger partial charge on any atom is -0.759 e. The van der Waals surface area contributed by atoms with E-state index in [1.165, 1.54) is 0 Å². The number of rotatable bonds is 4. The summed E-state index contributed by atoms with van der Waals surface area (Å²) in [6, 6.07) is 0. The molecule has 0 bridgehead atoms. The minimum absolute atomic E-state index is 0. The van der Waals surface area contributed by atoms with E-state index in [-0.39, 0.29) is 117 Å². The third kappa shape index (κ3) is 8.29. The molecule has 0 aliphatic heterocycles. The van der Waals surface area contributed by atoms with Crippen molar-refractivity contribution in [3.05, 3.63) is 47.6 Å². The van der Waals surface area contributed by atoms with Crippen LogP contribution in [0.15, 0.2) is 47.6 Å². The molecule has 0 aromatic rings. The minimum atomic E-state index is -5.17. The van der Waals surface area contributed by atoms with Crippen molar-refractivity contribution in [3.63, 3.8) is 0 Å². The Balaban J connectivity index is 0.000000227. The number of allylic oxidation sites excluding steroid dienone is 8. The number of Topliss-reactive ketones (excluding diaryl/α,β-unsaturated/α-hetero) is 2. The SMILES string of the molecule is C[C@]12C=CC(=O)C=C1CCC1C2C(O)C[C@@]2(C)C1CC[C@]2(O)C(=O)CO.C[C@]12C=CC(=O)C=C1CC[C@@H]1C3CC[C@](O)(C(=O)CO)[C@@]3(C)CC(O)[C@H]12.O=S(=O)([O-])[O-].[Na+].[Na+]. The fraction of sp³-hybridized carbons (Fsp3) is 0.714. The molecule has 0 saturated heterocycles. The zero-order chi connectivity index (χ0) is 42.3. The van der Waals surface area contributed by atoms with Crippen molar-refractivity contribution >= 4 is 33.5 Å². The zero-order valence-corrected chi connectivity index (χ0v) is 39.7. The van der Waals surface area contributed by atoms with Crippen LogP contribution in [0.3, 0.4) is 0 Å². The van der Waals surface area contributed by atoms with Crippen LogP contribution < -0.4 is 59.1 Å². The van der Waals surface area contributed by atoms with Crippen LogP contribution in [0.5, 0.6) is 0 Å². The van der Waals surface area contributed by atoms with Crippen LogP contribution in [0.2, 0.25) is 0 Å². The first-order valence-electron chi connectivity index (χ1n) is 20.0. The molecule has 8 rings (SSSR count). The molecule has 59 heavy (non-hydrogen) atoms. The molecule has 17 heteroatoms. The number of ketones is 4. The van der Waals surface area contributed by atoms with Crippen molar-refractivity contribution < 1.29 is 126 Å². The third-order valence-electron chi connectivity index (χ3n) is 16.5. The number of hydrogen-bond acceptors (Lipinski definition) is 14. The van der Waals surface area contributed by atoms with E-state index >= 15 is 0 Å². The predicted molar refractivity (Wildman–Crippen MR) is 201 cm³/mol. The number of carbonyl (C=O) groups excluding carboxylic acids is 4. The van der Waals surface area contributed by atoms with E-state index in [9.17, 15) is 49.8 Å². The molecule has 8 aliphatic carbocycles.